The molecule has 5 rings (SSSR count). The molecule has 0 saturated carbocycles. The maximum Gasteiger partial charge on any atom is 0.494 e. The van der Waals surface area contributed by atoms with Crippen LogP contribution in [0.5, 0.6) is 0 Å². The van der Waals surface area contributed by atoms with Gasteiger partial charge in [-0.05, 0) is 94.2 Å². The highest BCUT2D eigenvalue weighted by molar-refractivity contribution is 9.10. The maximum absolute atomic E-state index is 6.10. The first-order chi connectivity index (χ1) is 14.2. The fraction of sp³-hybridized carbons (Fsp3) is 0.500. The fourth-order valence-corrected chi connectivity index (χ4v) is 4.47. The molecule has 3 aliphatic heterocycles. The summed E-state index contributed by atoms with van der Waals surface area (Å²) < 4.78 is 13.4. The summed E-state index contributed by atoms with van der Waals surface area (Å²) in [5, 5.41) is 6.80. The molecule has 160 valence electrons. The molecule has 6 heteroatoms. The van der Waals surface area contributed by atoms with E-state index in [0.717, 1.165) is 25.0 Å². The lowest BCUT2D eigenvalue weighted by atomic mass is 9.77. The zero-order chi connectivity index (χ0) is 21.4. The Morgan fingerprint density at radius 1 is 0.800 bits per heavy atom. The van der Waals surface area contributed by atoms with Crippen LogP contribution >= 0.6 is 15.9 Å². The first-order valence-corrected chi connectivity index (χ1v) is 11.8. The number of benzene rings is 2. The molecular weight excluding hydrogens is 439 g/mol. The minimum absolute atomic E-state index is 0.253. The van der Waals surface area contributed by atoms with Gasteiger partial charge in [-0.1, -0.05) is 28.1 Å². The van der Waals surface area contributed by atoms with Crippen LogP contribution in [0.2, 0.25) is 0 Å². The number of hydrogen-bond donors (Lipinski definition) is 2. The van der Waals surface area contributed by atoms with Crippen molar-refractivity contribution in [1.29, 1.82) is 0 Å². The molecule has 3 aliphatic rings. The van der Waals surface area contributed by atoms with Gasteiger partial charge in [0.15, 0.2) is 0 Å². The Balaban J connectivity index is 0.000000168. The average Bonchev–Trinajstić information content (AvgIpc) is 2.95. The third kappa shape index (κ3) is 4.56. The Labute approximate surface area is 189 Å². The van der Waals surface area contributed by atoms with Crippen molar-refractivity contribution in [3.63, 3.8) is 0 Å². The van der Waals surface area contributed by atoms with E-state index in [2.05, 4.69) is 90.7 Å². The van der Waals surface area contributed by atoms with Crippen molar-refractivity contribution in [1.82, 2.24) is 0 Å². The number of halogens is 1. The number of hydrogen-bond acceptors (Lipinski definition) is 4. The number of nitrogens with one attached hydrogen (secondary N) is 2. The Morgan fingerprint density at radius 3 is 1.93 bits per heavy atom. The molecule has 0 unspecified atom stereocenters. The van der Waals surface area contributed by atoms with Gasteiger partial charge in [0, 0.05) is 28.9 Å². The van der Waals surface area contributed by atoms with Crippen molar-refractivity contribution in [2.45, 2.75) is 64.6 Å². The van der Waals surface area contributed by atoms with Gasteiger partial charge in [-0.15, -0.1) is 0 Å². The number of fused-ring (bicyclic) bond motifs is 2. The number of aryl methyl sites for hydroxylation is 2. The monoisotopic (exact) mass is 470 g/mol. The zero-order valence-electron chi connectivity index (χ0n) is 18.5. The summed E-state index contributed by atoms with van der Waals surface area (Å²) in [6, 6.07) is 12.9. The van der Waals surface area contributed by atoms with Crippen LogP contribution in [-0.4, -0.2) is 31.4 Å². The Hall–Kier alpha value is -1.50. The van der Waals surface area contributed by atoms with E-state index < -0.39 is 0 Å². The highest BCUT2D eigenvalue weighted by Crippen LogP contribution is 2.36. The van der Waals surface area contributed by atoms with Crippen molar-refractivity contribution >= 4 is 39.9 Å². The fourth-order valence-electron chi connectivity index (χ4n) is 4.06. The van der Waals surface area contributed by atoms with Crippen LogP contribution in [-0.2, 0) is 22.2 Å². The van der Waals surface area contributed by atoms with E-state index in [1.54, 1.807) is 0 Å². The van der Waals surface area contributed by atoms with Crippen molar-refractivity contribution in [2.75, 3.05) is 23.7 Å². The molecule has 0 amide bonds. The summed E-state index contributed by atoms with van der Waals surface area (Å²) in [7, 11) is -0.253. The summed E-state index contributed by atoms with van der Waals surface area (Å²) in [6.45, 7) is 10.6. The van der Waals surface area contributed by atoms with Crippen LogP contribution < -0.4 is 16.1 Å². The molecule has 30 heavy (non-hydrogen) atoms. The molecule has 0 atom stereocenters. The lowest BCUT2D eigenvalue weighted by molar-refractivity contribution is 0.00578. The first-order valence-electron chi connectivity index (χ1n) is 11.0. The molecule has 4 nitrogen and oxygen atoms in total. The highest BCUT2D eigenvalue weighted by atomic mass is 79.9. The standard InChI is InChI=1S/C15H22BNO2.C9H10BrN/c1-14(2)15(3,4)19-16(18-14)12-7-8-13-11(10-12)6-5-9-17-13;10-8-3-4-9-7(6-8)2-1-5-11-9/h7-8,10,17H,5-6,9H2,1-4H3;3-4,6,11H,1-2,5H2. The molecule has 2 aromatic carbocycles. The van der Waals surface area contributed by atoms with E-state index in [0.29, 0.717) is 0 Å². The lowest BCUT2D eigenvalue weighted by Crippen LogP contribution is -2.41. The van der Waals surface area contributed by atoms with Crippen molar-refractivity contribution in [2.24, 2.45) is 0 Å². The zero-order valence-corrected chi connectivity index (χ0v) is 20.1. The molecule has 0 aliphatic carbocycles. The molecule has 0 radical (unpaired) electrons. The van der Waals surface area contributed by atoms with E-state index in [1.807, 2.05) is 0 Å². The second-order valence-corrected chi connectivity index (χ2v) is 10.3. The Kier molecular flexibility index (Phi) is 6.20. The first kappa shape index (κ1) is 21.7. The van der Waals surface area contributed by atoms with Crippen LogP contribution in [0.15, 0.2) is 40.9 Å². The SMILES string of the molecule is Brc1ccc2c(c1)CCCN2.CC1(C)OB(c2ccc3c(c2)CCCN3)OC1(C)C. The van der Waals surface area contributed by atoms with Crippen LogP contribution in [0, 0.1) is 0 Å². The van der Waals surface area contributed by atoms with Crippen molar-refractivity contribution < 1.29 is 9.31 Å². The second kappa shape index (κ2) is 8.56. The normalized spacial score (nSPS) is 20.8. The molecule has 2 aromatic rings. The van der Waals surface area contributed by atoms with Gasteiger partial charge in [0.05, 0.1) is 11.2 Å². The van der Waals surface area contributed by atoms with Crippen LogP contribution in [0.4, 0.5) is 11.4 Å². The summed E-state index contributed by atoms with van der Waals surface area (Å²) in [6.07, 6.45) is 4.79. The molecule has 0 bridgehead atoms. The molecule has 1 fully saturated rings. The predicted molar refractivity (Wildman–Crippen MR) is 130 cm³/mol. The van der Waals surface area contributed by atoms with Gasteiger partial charge in [-0.25, -0.2) is 0 Å². The van der Waals surface area contributed by atoms with E-state index in [9.17, 15) is 0 Å². The Bertz CT molecular complexity index is 900. The molecule has 0 spiro atoms. The topological polar surface area (TPSA) is 42.5 Å². The molecule has 3 heterocycles. The predicted octanol–water partition coefficient (Wildman–Crippen LogP) is 5.15. The van der Waals surface area contributed by atoms with Crippen molar-refractivity contribution in [3.8, 4) is 0 Å². The van der Waals surface area contributed by atoms with Gasteiger partial charge >= 0.3 is 7.12 Å². The summed E-state index contributed by atoms with van der Waals surface area (Å²) >= 11 is 3.46. The average molecular weight is 471 g/mol. The van der Waals surface area contributed by atoms with Gasteiger partial charge < -0.3 is 19.9 Å². The van der Waals surface area contributed by atoms with Crippen LogP contribution in [0.3, 0.4) is 0 Å². The van der Waals surface area contributed by atoms with E-state index in [1.165, 1.54) is 46.2 Å². The summed E-state index contributed by atoms with van der Waals surface area (Å²) in [4.78, 5) is 0. The third-order valence-electron chi connectivity index (χ3n) is 6.60. The second-order valence-electron chi connectivity index (χ2n) is 9.37. The maximum atomic E-state index is 6.10. The van der Waals surface area contributed by atoms with Gasteiger partial charge in [0.1, 0.15) is 0 Å². The van der Waals surface area contributed by atoms with Crippen molar-refractivity contribution in [3.05, 3.63) is 52.0 Å². The highest BCUT2D eigenvalue weighted by Gasteiger charge is 2.51. The van der Waals surface area contributed by atoms with Crippen LogP contribution in [0.1, 0.15) is 51.7 Å². The molecule has 0 aromatic heterocycles. The smallest absolute Gasteiger partial charge is 0.399 e. The van der Waals surface area contributed by atoms with Gasteiger partial charge in [0.2, 0.25) is 0 Å². The van der Waals surface area contributed by atoms with Gasteiger partial charge in [0.25, 0.3) is 0 Å². The molecule has 1 saturated heterocycles. The minimum Gasteiger partial charge on any atom is -0.399 e. The molecule has 2 N–H and O–H groups in total. The van der Waals surface area contributed by atoms with E-state index in [4.69, 9.17) is 9.31 Å². The number of anilines is 2. The molecular formula is C24H32BBrN2O2. The Morgan fingerprint density at radius 2 is 1.33 bits per heavy atom. The summed E-state index contributed by atoms with van der Waals surface area (Å²) in [5.74, 6) is 0. The lowest BCUT2D eigenvalue weighted by Gasteiger charge is -2.32. The van der Waals surface area contributed by atoms with Gasteiger partial charge in [-0.3, -0.25) is 0 Å². The number of rotatable bonds is 1. The largest absolute Gasteiger partial charge is 0.494 e. The minimum atomic E-state index is -0.272. The quantitative estimate of drug-likeness (QED) is 0.565. The van der Waals surface area contributed by atoms with E-state index in [-0.39, 0.29) is 18.3 Å². The van der Waals surface area contributed by atoms with Crippen LogP contribution in [0.25, 0.3) is 0 Å². The summed E-state index contributed by atoms with van der Waals surface area (Å²) in [5.41, 5.74) is 5.95. The third-order valence-corrected chi connectivity index (χ3v) is 7.09. The van der Waals surface area contributed by atoms with Gasteiger partial charge in [-0.2, -0.15) is 0 Å². The van der Waals surface area contributed by atoms with E-state index >= 15 is 0 Å².